The fraction of sp³-hybridized carbons (Fsp3) is 0.733. The van der Waals surface area contributed by atoms with Gasteiger partial charge in [-0.2, -0.15) is 0 Å². The molecule has 18 heavy (non-hydrogen) atoms. The molecular formula is C15H27N3. The van der Waals surface area contributed by atoms with Crippen molar-refractivity contribution in [3.05, 3.63) is 24.0 Å². The number of likely N-dealkylation sites (tertiary alicyclic amines) is 1. The maximum absolute atomic E-state index is 3.55. The second-order valence-corrected chi connectivity index (χ2v) is 5.28. The minimum absolute atomic E-state index is 1.00. The van der Waals surface area contributed by atoms with Crippen LogP contribution >= 0.6 is 0 Å². The quantitative estimate of drug-likeness (QED) is 0.782. The molecule has 1 aromatic rings. The summed E-state index contributed by atoms with van der Waals surface area (Å²) in [6.45, 7) is 9.15. The van der Waals surface area contributed by atoms with Gasteiger partial charge in [0.25, 0.3) is 0 Å². The molecule has 3 heteroatoms. The molecule has 1 aliphatic heterocycles. The van der Waals surface area contributed by atoms with Crippen molar-refractivity contribution in [2.75, 3.05) is 26.2 Å². The average Bonchev–Trinajstić information content (AvgIpc) is 2.70. The fourth-order valence-corrected chi connectivity index (χ4v) is 2.62. The number of rotatable bonds is 6. The molecule has 2 rings (SSSR count). The van der Waals surface area contributed by atoms with E-state index in [9.17, 15) is 0 Å². The Kier molecular flexibility index (Phi) is 5.75. The van der Waals surface area contributed by atoms with Crippen LogP contribution in [-0.2, 0) is 13.1 Å². The highest BCUT2D eigenvalue weighted by atomic mass is 15.1. The summed E-state index contributed by atoms with van der Waals surface area (Å²) in [4.78, 5) is 2.61. The van der Waals surface area contributed by atoms with Crippen LogP contribution in [0.2, 0.25) is 0 Å². The lowest BCUT2D eigenvalue weighted by Crippen LogP contribution is -2.32. The standard InChI is InChI=1S/C15H27N3/c1-2-17-11-7-15(14-17)13-16-8-12-18-9-5-3-4-6-10-18/h7,11,14,16H,2-6,8-10,12-13H2,1H3. The predicted octanol–water partition coefficient (Wildman–Crippen LogP) is 2.47. The Hall–Kier alpha value is -0.800. The summed E-state index contributed by atoms with van der Waals surface area (Å²) < 4.78 is 2.23. The summed E-state index contributed by atoms with van der Waals surface area (Å²) >= 11 is 0. The lowest BCUT2D eigenvalue weighted by molar-refractivity contribution is 0.284. The fourth-order valence-electron chi connectivity index (χ4n) is 2.62. The first-order valence-corrected chi connectivity index (χ1v) is 7.46. The average molecular weight is 249 g/mol. The Morgan fingerprint density at radius 3 is 2.61 bits per heavy atom. The molecule has 0 radical (unpaired) electrons. The zero-order valence-corrected chi connectivity index (χ0v) is 11.7. The summed E-state index contributed by atoms with van der Waals surface area (Å²) in [6.07, 6.45) is 10.0. The Morgan fingerprint density at radius 1 is 1.17 bits per heavy atom. The van der Waals surface area contributed by atoms with Crippen LogP contribution in [0.3, 0.4) is 0 Å². The van der Waals surface area contributed by atoms with Gasteiger partial charge in [-0.25, -0.2) is 0 Å². The molecule has 2 heterocycles. The van der Waals surface area contributed by atoms with Gasteiger partial charge in [-0.15, -0.1) is 0 Å². The van der Waals surface area contributed by atoms with Crippen molar-refractivity contribution in [3.8, 4) is 0 Å². The van der Waals surface area contributed by atoms with Crippen LogP contribution in [0.1, 0.15) is 38.2 Å². The third kappa shape index (κ3) is 4.46. The lowest BCUT2D eigenvalue weighted by Gasteiger charge is -2.19. The molecule has 0 atom stereocenters. The SMILES string of the molecule is CCn1ccc(CNCCN2CCCCCC2)c1. The maximum atomic E-state index is 3.55. The summed E-state index contributed by atoms with van der Waals surface area (Å²) in [5.74, 6) is 0. The molecule has 0 amide bonds. The number of aryl methyl sites for hydroxylation is 1. The number of aromatic nitrogens is 1. The number of nitrogens with zero attached hydrogens (tertiary/aromatic N) is 2. The summed E-state index contributed by atoms with van der Waals surface area (Å²) in [5.41, 5.74) is 1.40. The maximum Gasteiger partial charge on any atom is 0.0221 e. The van der Waals surface area contributed by atoms with Crippen LogP contribution in [0.25, 0.3) is 0 Å². The van der Waals surface area contributed by atoms with Gasteiger partial charge in [-0.05, 0) is 44.5 Å². The molecule has 3 nitrogen and oxygen atoms in total. The first-order chi connectivity index (χ1) is 8.88. The van der Waals surface area contributed by atoms with E-state index in [4.69, 9.17) is 0 Å². The molecule has 0 spiro atoms. The third-order valence-corrected chi connectivity index (χ3v) is 3.81. The van der Waals surface area contributed by atoms with Gasteiger partial charge in [0.05, 0.1) is 0 Å². The van der Waals surface area contributed by atoms with Crippen LogP contribution in [-0.4, -0.2) is 35.6 Å². The number of hydrogen-bond acceptors (Lipinski definition) is 2. The van der Waals surface area contributed by atoms with E-state index < -0.39 is 0 Å². The van der Waals surface area contributed by atoms with E-state index in [0.717, 1.165) is 19.6 Å². The molecule has 1 saturated heterocycles. The van der Waals surface area contributed by atoms with Gasteiger partial charge in [-0.1, -0.05) is 12.8 Å². The number of hydrogen-bond donors (Lipinski definition) is 1. The Morgan fingerprint density at radius 2 is 1.94 bits per heavy atom. The van der Waals surface area contributed by atoms with Crippen molar-refractivity contribution < 1.29 is 0 Å². The summed E-state index contributed by atoms with van der Waals surface area (Å²) in [6, 6.07) is 2.21. The van der Waals surface area contributed by atoms with Gasteiger partial charge < -0.3 is 14.8 Å². The van der Waals surface area contributed by atoms with Crippen LogP contribution in [0.5, 0.6) is 0 Å². The van der Waals surface area contributed by atoms with E-state index in [0.29, 0.717) is 0 Å². The highest BCUT2D eigenvalue weighted by molar-refractivity contribution is 5.09. The van der Waals surface area contributed by atoms with Gasteiger partial charge in [-0.3, -0.25) is 0 Å². The van der Waals surface area contributed by atoms with Crippen LogP contribution < -0.4 is 5.32 Å². The first-order valence-electron chi connectivity index (χ1n) is 7.46. The third-order valence-electron chi connectivity index (χ3n) is 3.81. The predicted molar refractivity (Wildman–Crippen MR) is 76.7 cm³/mol. The van der Waals surface area contributed by atoms with E-state index in [1.807, 2.05) is 0 Å². The smallest absolute Gasteiger partial charge is 0.0221 e. The van der Waals surface area contributed by atoms with Crippen molar-refractivity contribution >= 4 is 0 Å². The molecule has 102 valence electrons. The molecule has 0 aromatic carbocycles. The molecule has 1 aromatic heterocycles. The minimum atomic E-state index is 1.00. The summed E-state index contributed by atoms with van der Waals surface area (Å²) in [7, 11) is 0. The Balaban J connectivity index is 1.60. The van der Waals surface area contributed by atoms with Gasteiger partial charge in [0.15, 0.2) is 0 Å². The molecular weight excluding hydrogens is 222 g/mol. The van der Waals surface area contributed by atoms with Crippen molar-refractivity contribution in [1.29, 1.82) is 0 Å². The highest BCUT2D eigenvalue weighted by Gasteiger charge is 2.07. The van der Waals surface area contributed by atoms with Gasteiger partial charge >= 0.3 is 0 Å². The van der Waals surface area contributed by atoms with E-state index in [1.54, 1.807) is 0 Å². The van der Waals surface area contributed by atoms with Gasteiger partial charge in [0.1, 0.15) is 0 Å². The zero-order valence-electron chi connectivity index (χ0n) is 11.7. The highest BCUT2D eigenvalue weighted by Crippen LogP contribution is 2.08. The molecule has 1 fully saturated rings. The second kappa shape index (κ2) is 7.59. The van der Waals surface area contributed by atoms with Crippen molar-refractivity contribution in [3.63, 3.8) is 0 Å². The van der Waals surface area contributed by atoms with Crippen LogP contribution in [0, 0.1) is 0 Å². The van der Waals surface area contributed by atoms with Crippen LogP contribution in [0.4, 0.5) is 0 Å². The first kappa shape index (κ1) is 13.6. The Labute approximate surface area is 111 Å². The second-order valence-electron chi connectivity index (χ2n) is 5.28. The van der Waals surface area contributed by atoms with Crippen molar-refractivity contribution in [2.24, 2.45) is 0 Å². The van der Waals surface area contributed by atoms with Gasteiger partial charge in [0.2, 0.25) is 0 Å². The molecule has 0 saturated carbocycles. The topological polar surface area (TPSA) is 20.2 Å². The summed E-state index contributed by atoms with van der Waals surface area (Å²) in [5, 5.41) is 3.55. The number of nitrogens with one attached hydrogen (secondary N) is 1. The van der Waals surface area contributed by atoms with Crippen molar-refractivity contribution in [1.82, 2.24) is 14.8 Å². The van der Waals surface area contributed by atoms with E-state index >= 15 is 0 Å². The normalized spacial score (nSPS) is 17.8. The monoisotopic (exact) mass is 249 g/mol. The Bertz CT molecular complexity index is 324. The molecule has 1 N–H and O–H groups in total. The van der Waals surface area contributed by atoms with Gasteiger partial charge in [0, 0.05) is 38.6 Å². The minimum Gasteiger partial charge on any atom is -0.354 e. The largest absolute Gasteiger partial charge is 0.354 e. The molecule has 0 aliphatic carbocycles. The van der Waals surface area contributed by atoms with E-state index in [1.165, 1.54) is 50.9 Å². The molecule has 0 unspecified atom stereocenters. The van der Waals surface area contributed by atoms with Crippen LogP contribution in [0.15, 0.2) is 18.5 Å². The lowest BCUT2D eigenvalue weighted by atomic mass is 10.2. The van der Waals surface area contributed by atoms with E-state index in [2.05, 4.69) is 40.2 Å². The zero-order chi connectivity index (χ0) is 12.6. The van der Waals surface area contributed by atoms with Crippen molar-refractivity contribution in [2.45, 2.75) is 45.7 Å². The molecule has 1 aliphatic rings. The molecule has 0 bridgehead atoms. The van der Waals surface area contributed by atoms with E-state index in [-0.39, 0.29) is 0 Å².